The van der Waals surface area contributed by atoms with E-state index in [1.165, 1.54) is 6.92 Å². The van der Waals surface area contributed by atoms with Crippen LogP contribution in [0.3, 0.4) is 0 Å². The number of halogens is 1. The SMILES string of the molecule is CCOC(=O)[C@@](F)(CCC#N)C(C)=O. The lowest BCUT2D eigenvalue weighted by Gasteiger charge is -2.18. The van der Waals surface area contributed by atoms with Crippen LogP contribution in [0.15, 0.2) is 0 Å². The summed E-state index contributed by atoms with van der Waals surface area (Å²) in [4.78, 5) is 22.0. The molecule has 0 heterocycles. The van der Waals surface area contributed by atoms with Gasteiger partial charge in [-0.1, -0.05) is 0 Å². The summed E-state index contributed by atoms with van der Waals surface area (Å²) in [6, 6.07) is 1.68. The average molecular weight is 201 g/mol. The smallest absolute Gasteiger partial charge is 0.351 e. The van der Waals surface area contributed by atoms with Crippen molar-refractivity contribution in [2.75, 3.05) is 6.61 Å². The van der Waals surface area contributed by atoms with E-state index in [0.29, 0.717) is 0 Å². The van der Waals surface area contributed by atoms with Crippen LogP contribution in [0.2, 0.25) is 0 Å². The van der Waals surface area contributed by atoms with Gasteiger partial charge < -0.3 is 4.74 Å². The summed E-state index contributed by atoms with van der Waals surface area (Å²) in [7, 11) is 0. The van der Waals surface area contributed by atoms with E-state index in [-0.39, 0.29) is 13.0 Å². The third kappa shape index (κ3) is 2.80. The zero-order chi connectivity index (χ0) is 11.2. The zero-order valence-electron chi connectivity index (χ0n) is 8.17. The maximum absolute atomic E-state index is 13.7. The van der Waals surface area contributed by atoms with Crippen LogP contribution >= 0.6 is 0 Å². The molecule has 0 amide bonds. The van der Waals surface area contributed by atoms with Crippen LogP contribution in [0, 0.1) is 11.3 Å². The molecule has 78 valence electrons. The first-order valence-electron chi connectivity index (χ1n) is 4.23. The minimum Gasteiger partial charge on any atom is -0.463 e. The molecule has 14 heavy (non-hydrogen) atoms. The number of hydrogen-bond donors (Lipinski definition) is 0. The summed E-state index contributed by atoms with van der Waals surface area (Å²) in [6.07, 6.45) is -0.646. The van der Waals surface area contributed by atoms with Crippen molar-refractivity contribution < 1.29 is 18.7 Å². The van der Waals surface area contributed by atoms with E-state index in [1.54, 1.807) is 6.07 Å². The van der Waals surface area contributed by atoms with Gasteiger partial charge in [0, 0.05) is 12.8 Å². The zero-order valence-corrected chi connectivity index (χ0v) is 8.17. The first-order chi connectivity index (χ1) is 6.49. The van der Waals surface area contributed by atoms with Gasteiger partial charge in [-0.05, 0) is 13.8 Å². The van der Waals surface area contributed by atoms with Crippen molar-refractivity contribution in [3.05, 3.63) is 0 Å². The van der Waals surface area contributed by atoms with Gasteiger partial charge in [0.25, 0.3) is 5.67 Å². The Morgan fingerprint density at radius 2 is 2.14 bits per heavy atom. The molecular weight excluding hydrogens is 189 g/mol. The predicted octanol–water partition coefficient (Wildman–Crippen LogP) is 1.15. The molecular formula is C9H12FNO3. The van der Waals surface area contributed by atoms with Gasteiger partial charge in [-0.15, -0.1) is 0 Å². The van der Waals surface area contributed by atoms with Gasteiger partial charge in [0.05, 0.1) is 12.7 Å². The fourth-order valence-corrected chi connectivity index (χ4v) is 0.895. The Bertz CT molecular complexity index is 272. The monoisotopic (exact) mass is 201 g/mol. The Labute approximate surface area is 81.7 Å². The minimum absolute atomic E-state index is 0.00430. The lowest BCUT2D eigenvalue weighted by molar-refractivity contribution is -0.162. The van der Waals surface area contributed by atoms with E-state index in [0.717, 1.165) is 6.92 Å². The number of carbonyl (C=O) groups is 2. The van der Waals surface area contributed by atoms with Crippen LogP contribution in [0.1, 0.15) is 26.7 Å². The predicted molar refractivity (Wildman–Crippen MR) is 46.0 cm³/mol. The Hall–Kier alpha value is -1.44. The number of nitrogens with zero attached hydrogens (tertiary/aromatic N) is 1. The first kappa shape index (κ1) is 12.6. The maximum atomic E-state index is 13.7. The lowest BCUT2D eigenvalue weighted by atomic mass is 9.96. The summed E-state index contributed by atoms with van der Waals surface area (Å²) in [5, 5.41) is 8.24. The third-order valence-corrected chi connectivity index (χ3v) is 1.74. The van der Waals surface area contributed by atoms with Crippen molar-refractivity contribution in [2.45, 2.75) is 32.4 Å². The van der Waals surface area contributed by atoms with Crippen LogP contribution in [-0.2, 0) is 14.3 Å². The Morgan fingerprint density at radius 3 is 2.50 bits per heavy atom. The number of carbonyl (C=O) groups excluding carboxylic acids is 2. The summed E-state index contributed by atoms with van der Waals surface area (Å²) in [6.45, 7) is 2.49. The van der Waals surface area contributed by atoms with E-state index in [1.807, 2.05) is 0 Å². The van der Waals surface area contributed by atoms with Crippen LogP contribution < -0.4 is 0 Å². The molecule has 1 atom stereocenters. The van der Waals surface area contributed by atoms with E-state index in [2.05, 4.69) is 4.74 Å². The normalized spacial score (nSPS) is 13.9. The highest BCUT2D eigenvalue weighted by atomic mass is 19.1. The van der Waals surface area contributed by atoms with Crippen molar-refractivity contribution in [3.8, 4) is 6.07 Å². The van der Waals surface area contributed by atoms with Crippen molar-refractivity contribution in [2.24, 2.45) is 0 Å². The molecule has 0 saturated heterocycles. The molecule has 0 aliphatic carbocycles. The third-order valence-electron chi connectivity index (χ3n) is 1.74. The Balaban J connectivity index is 4.63. The molecule has 0 fully saturated rings. The van der Waals surface area contributed by atoms with Crippen LogP contribution in [0.25, 0.3) is 0 Å². The molecule has 0 spiro atoms. The summed E-state index contributed by atoms with van der Waals surface area (Å²) in [5.41, 5.74) is -2.66. The van der Waals surface area contributed by atoms with Crippen molar-refractivity contribution in [1.29, 1.82) is 5.26 Å². The van der Waals surface area contributed by atoms with Gasteiger partial charge in [-0.25, -0.2) is 9.18 Å². The van der Waals surface area contributed by atoms with Crippen LogP contribution in [0.5, 0.6) is 0 Å². The van der Waals surface area contributed by atoms with Crippen LogP contribution in [0.4, 0.5) is 4.39 Å². The van der Waals surface area contributed by atoms with Gasteiger partial charge in [0.15, 0.2) is 5.78 Å². The molecule has 0 unspecified atom stereocenters. The fourth-order valence-electron chi connectivity index (χ4n) is 0.895. The number of esters is 1. The number of nitriles is 1. The van der Waals surface area contributed by atoms with Gasteiger partial charge in [0.1, 0.15) is 0 Å². The Kier molecular flexibility index (Phi) is 4.78. The molecule has 0 aromatic carbocycles. The second kappa shape index (κ2) is 5.32. The highest BCUT2D eigenvalue weighted by Crippen LogP contribution is 2.21. The van der Waals surface area contributed by atoms with Crippen molar-refractivity contribution >= 4 is 11.8 Å². The van der Waals surface area contributed by atoms with E-state index < -0.39 is 23.8 Å². The van der Waals surface area contributed by atoms with E-state index >= 15 is 0 Å². The molecule has 0 aliphatic heterocycles. The Morgan fingerprint density at radius 1 is 1.57 bits per heavy atom. The average Bonchev–Trinajstić information content (AvgIpc) is 2.14. The standard InChI is InChI=1S/C9H12FNO3/c1-3-14-8(13)9(10,7(2)12)5-4-6-11/h3-5H2,1-2H3/t9-/m1/s1. The number of alkyl halides is 1. The summed E-state index contributed by atoms with van der Waals surface area (Å²) >= 11 is 0. The molecule has 0 N–H and O–H groups in total. The summed E-state index contributed by atoms with van der Waals surface area (Å²) in [5.74, 6) is -2.13. The van der Waals surface area contributed by atoms with Crippen molar-refractivity contribution in [3.63, 3.8) is 0 Å². The van der Waals surface area contributed by atoms with Gasteiger partial charge >= 0.3 is 5.97 Å². The van der Waals surface area contributed by atoms with Gasteiger partial charge in [-0.2, -0.15) is 5.26 Å². The molecule has 0 bridgehead atoms. The quantitative estimate of drug-likeness (QED) is 0.494. The van der Waals surface area contributed by atoms with Crippen LogP contribution in [-0.4, -0.2) is 24.0 Å². The topological polar surface area (TPSA) is 67.2 Å². The molecule has 0 radical (unpaired) electrons. The summed E-state index contributed by atoms with van der Waals surface area (Å²) < 4.78 is 18.1. The lowest BCUT2D eigenvalue weighted by Crippen LogP contribution is -2.42. The van der Waals surface area contributed by atoms with Crippen molar-refractivity contribution in [1.82, 2.24) is 0 Å². The molecule has 0 aromatic rings. The molecule has 4 nitrogen and oxygen atoms in total. The molecule has 0 aromatic heterocycles. The minimum atomic E-state index is -2.66. The fraction of sp³-hybridized carbons (Fsp3) is 0.667. The van der Waals surface area contributed by atoms with E-state index in [4.69, 9.17) is 5.26 Å². The molecule has 0 rings (SSSR count). The second-order valence-electron chi connectivity index (χ2n) is 2.74. The number of hydrogen-bond acceptors (Lipinski definition) is 4. The number of rotatable bonds is 5. The molecule has 5 heteroatoms. The van der Waals surface area contributed by atoms with Gasteiger partial charge in [-0.3, -0.25) is 4.79 Å². The van der Waals surface area contributed by atoms with E-state index in [9.17, 15) is 14.0 Å². The van der Waals surface area contributed by atoms with Gasteiger partial charge in [0.2, 0.25) is 0 Å². The molecule has 0 saturated carbocycles. The number of ether oxygens (including phenoxy) is 1. The largest absolute Gasteiger partial charge is 0.463 e. The first-order valence-corrected chi connectivity index (χ1v) is 4.23. The number of ketones is 1. The second-order valence-corrected chi connectivity index (χ2v) is 2.74. The highest BCUT2D eigenvalue weighted by molar-refractivity contribution is 6.06. The maximum Gasteiger partial charge on any atom is 0.351 e. The highest BCUT2D eigenvalue weighted by Gasteiger charge is 2.44. The number of Topliss-reactive ketones (excluding diaryl/α,β-unsaturated/α-hetero) is 1. The molecule has 0 aliphatic rings.